The molecule has 0 aromatic rings. The van der Waals surface area contributed by atoms with Crippen molar-refractivity contribution in [1.29, 1.82) is 0 Å². The molecule has 0 saturated heterocycles. The lowest BCUT2D eigenvalue weighted by molar-refractivity contribution is -0.111. The van der Waals surface area contributed by atoms with Crippen LogP contribution in [0, 0.1) is 0 Å². The largest absolute Gasteiger partial charge is 0.281 e. The first-order valence-corrected chi connectivity index (χ1v) is 9.48. The number of hydrogen-bond donors (Lipinski definition) is 0. The minimum atomic E-state index is -0.191. The van der Waals surface area contributed by atoms with Crippen molar-refractivity contribution in [3.05, 3.63) is 12.2 Å². The first-order valence-electron chi connectivity index (χ1n) is 9.10. The maximum absolute atomic E-state index is 10.5. The molecule has 0 rings (SSSR count). The summed E-state index contributed by atoms with van der Waals surface area (Å²) in [5, 5.41) is -0.191. The topological polar surface area (TPSA) is 17.1 Å². The highest BCUT2D eigenvalue weighted by Gasteiger charge is 1.95. The molecular formula is C19H35ClO. The van der Waals surface area contributed by atoms with Crippen LogP contribution in [0.15, 0.2) is 12.2 Å². The van der Waals surface area contributed by atoms with Gasteiger partial charge >= 0.3 is 0 Å². The Kier molecular flexibility index (Phi) is 17.5. The van der Waals surface area contributed by atoms with Crippen LogP contribution in [-0.2, 0) is 4.79 Å². The Morgan fingerprint density at radius 2 is 1.14 bits per heavy atom. The molecule has 124 valence electrons. The van der Waals surface area contributed by atoms with Crippen molar-refractivity contribution >= 4 is 16.8 Å². The highest BCUT2D eigenvalue weighted by Crippen LogP contribution is 2.10. The molecule has 0 atom stereocenters. The van der Waals surface area contributed by atoms with Crippen LogP contribution in [0.25, 0.3) is 0 Å². The van der Waals surface area contributed by atoms with E-state index in [2.05, 4.69) is 19.1 Å². The second-order valence-corrected chi connectivity index (χ2v) is 6.46. The Balaban J connectivity index is 3.07. The van der Waals surface area contributed by atoms with Crippen LogP contribution >= 0.6 is 11.6 Å². The highest BCUT2D eigenvalue weighted by atomic mass is 35.5. The molecule has 0 aliphatic rings. The molecule has 0 saturated carbocycles. The van der Waals surface area contributed by atoms with Gasteiger partial charge in [-0.3, -0.25) is 4.79 Å². The molecule has 21 heavy (non-hydrogen) atoms. The van der Waals surface area contributed by atoms with E-state index < -0.39 is 0 Å². The van der Waals surface area contributed by atoms with E-state index in [4.69, 9.17) is 11.6 Å². The summed E-state index contributed by atoms with van der Waals surface area (Å²) < 4.78 is 0. The monoisotopic (exact) mass is 314 g/mol. The maximum atomic E-state index is 10.5. The highest BCUT2D eigenvalue weighted by molar-refractivity contribution is 6.63. The van der Waals surface area contributed by atoms with E-state index in [0.29, 0.717) is 6.42 Å². The minimum Gasteiger partial charge on any atom is -0.281 e. The van der Waals surface area contributed by atoms with E-state index in [1.165, 1.54) is 77.0 Å². The molecule has 0 bridgehead atoms. The van der Waals surface area contributed by atoms with Gasteiger partial charge in [0.15, 0.2) is 0 Å². The summed E-state index contributed by atoms with van der Waals surface area (Å²) in [5.41, 5.74) is 0. The first kappa shape index (κ1) is 20.7. The number of hydrogen-bond acceptors (Lipinski definition) is 1. The number of carbonyl (C=O) groups excluding carboxylic acids is 1. The summed E-state index contributed by atoms with van der Waals surface area (Å²) in [6.07, 6.45) is 23.4. The van der Waals surface area contributed by atoms with Gasteiger partial charge in [-0.15, -0.1) is 0 Å². The summed E-state index contributed by atoms with van der Waals surface area (Å²) in [6.45, 7) is 2.27. The van der Waals surface area contributed by atoms with Crippen LogP contribution in [0.1, 0.15) is 103 Å². The quantitative estimate of drug-likeness (QED) is 0.167. The lowest BCUT2D eigenvalue weighted by atomic mass is 10.1. The molecule has 2 heteroatoms. The van der Waals surface area contributed by atoms with Crippen LogP contribution in [0.5, 0.6) is 0 Å². The van der Waals surface area contributed by atoms with Crippen molar-refractivity contribution in [1.82, 2.24) is 0 Å². The predicted octanol–water partition coefficient (Wildman–Crippen LogP) is 7.18. The molecular weight excluding hydrogens is 280 g/mol. The second kappa shape index (κ2) is 17.8. The molecule has 1 nitrogen and oxygen atoms in total. The number of carbonyl (C=O) groups is 1. The first-order chi connectivity index (χ1) is 10.3. The van der Waals surface area contributed by atoms with Gasteiger partial charge in [-0.25, -0.2) is 0 Å². The van der Waals surface area contributed by atoms with Gasteiger partial charge in [0.2, 0.25) is 5.24 Å². The van der Waals surface area contributed by atoms with Crippen LogP contribution in [0.3, 0.4) is 0 Å². The lowest BCUT2D eigenvalue weighted by Gasteiger charge is -1.99. The van der Waals surface area contributed by atoms with Gasteiger partial charge in [0.1, 0.15) is 0 Å². The fraction of sp³-hybridized carbons (Fsp3) is 0.842. The van der Waals surface area contributed by atoms with E-state index in [9.17, 15) is 4.79 Å². The van der Waals surface area contributed by atoms with Crippen molar-refractivity contribution in [2.24, 2.45) is 0 Å². The molecule has 0 radical (unpaired) electrons. The Morgan fingerprint density at radius 1 is 0.714 bits per heavy atom. The zero-order valence-corrected chi connectivity index (χ0v) is 14.8. The normalized spacial score (nSPS) is 11.3. The summed E-state index contributed by atoms with van der Waals surface area (Å²) in [7, 11) is 0. The second-order valence-electron chi connectivity index (χ2n) is 6.04. The van der Waals surface area contributed by atoms with Crippen molar-refractivity contribution in [3.8, 4) is 0 Å². The van der Waals surface area contributed by atoms with E-state index in [1.807, 2.05) is 0 Å². The molecule has 0 amide bonds. The van der Waals surface area contributed by atoms with Crippen LogP contribution in [-0.4, -0.2) is 5.24 Å². The molecule has 0 fully saturated rings. The molecule has 0 spiro atoms. The average Bonchev–Trinajstić information content (AvgIpc) is 2.46. The fourth-order valence-corrected chi connectivity index (χ4v) is 2.65. The van der Waals surface area contributed by atoms with Gasteiger partial charge in [-0.05, 0) is 43.7 Å². The number of halogens is 1. The molecule has 0 aromatic carbocycles. The minimum absolute atomic E-state index is 0.191. The van der Waals surface area contributed by atoms with Crippen LogP contribution in [0.4, 0.5) is 0 Å². The third-order valence-electron chi connectivity index (χ3n) is 3.89. The molecule has 0 heterocycles. The van der Waals surface area contributed by atoms with Gasteiger partial charge in [-0.2, -0.15) is 0 Å². The van der Waals surface area contributed by atoms with Crippen molar-refractivity contribution in [3.63, 3.8) is 0 Å². The maximum Gasteiger partial charge on any atom is 0.221 e. The van der Waals surface area contributed by atoms with E-state index in [0.717, 1.165) is 12.8 Å². The number of rotatable bonds is 16. The van der Waals surface area contributed by atoms with E-state index in [-0.39, 0.29) is 5.24 Å². The van der Waals surface area contributed by atoms with Crippen molar-refractivity contribution in [2.75, 3.05) is 0 Å². The lowest BCUT2D eigenvalue weighted by Crippen LogP contribution is -1.86. The molecule has 0 aromatic heterocycles. The fourth-order valence-electron chi connectivity index (χ4n) is 2.51. The Labute approximate surface area is 137 Å². The van der Waals surface area contributed by atoms with Crippen LogP contribution in [0.2, 0.25) is 0 Å². The third-order valence-corrected chi connectivity index (χ3v) is 4.07. The predicted molar refractivity (Wildman–Crippen MR) is 94.9 cm³/mol. The van der Waals surface area contributed by atoms with Gasteiger partial charge in [0, 0.05) is 6.42 Å². The summed E-state index contributed by atoms with van der Waals surface area (Å²) in [6, 6.07) is 0. The zero-order valence-electron chi connectivity index (χ0n) is 14.0. The molecule has 0 aliphatic carbocycles. The van der Waals surface area contributed by atoms with Crippen molar-refractivity contribution in [2.45, 2.75) is 103 Å². The van der Waals surface area contributed by atoms with Crippen molar-refractivity contribution < 1.29 is 4.79 Å². The average molecular weight is 315 g/mol. The standard InChI is InChI=1S/C19H35ClO/c1-2-3-4-5-6-7-8-9-10-11-12-13-14-15-16-17-18-19(20)21/h10-11H,2-9,12-18H2,1H3/b11-10+. The van der Waals surface area contributed by atoms with Gasteiger partial charge in [0.05, 0.1) is 0 Å². The summed E-state index contributed by atoms with van der Waals surface area (Å²) in [4.78, 5) is 10.5. The van der Waals surface area contributed by atoms with Gasteiger partial charge in [-0.1, -0.05) is 76.9 Å². The Morgan fingerprint density at radius 3 is 1.62 bits per heavy atom. The SMILES string of the molecule is CCCCCCCCC/C=C/CCCCCCCC(=O)Cl. The van der Waals surface area contributed by atoms with Gasteiger partial charge < -0.3 is 0 Å². The Bertz CT molecular complexity index is 248. The Hall–Kier alpha value is -0.300. The third kappa shape index (κ3) is 19.7. The van der Waals surface area contributed by atoms with E-state index >= 15 is 0 Å². The van der Waals surface area contributed by atoms with Gasteiger partial charge in [0.25, 0.3) is 0 Å². The summed E-state index contributed by atoms with van der Waals surface area (Å²) >= 11 is 5.29. The summed E-state index contributed by atoms with van der Waals surface area (Å²) in [5.74, 6) is 0. The molecule has 0 aliphatic heterocycles. The number of unbranched alkanes of at least 4 members (excludes halogenated alkanes) is 12. The zero-order chi connectivity index (χ0) is 15.6. The van der Waals surface area contributed by atoms with E-state index in [1.54, 1.807) is 0 Å². The molecule has 0 N–H and O–H groups in total. The molecule has 0 unspecified atom stereocenters. The smallest absolute Gasteiger partial charge is 0.221 e. The number of allylic oxidation sites excluding steroid dienone is 2. The van der Waals surface area contributed by atoms with Crippen LogP contribution < -0.4 is 0 Å².